The van der Waals surface area contributed by atoms with Crippen LogP contribution in [0, 0.1) is 0 Å². The molecule has 30 heavy (non-hydrogen) atoms. The molecule has 0 unspecified atom stereocenters. The van der Waals surface area contributed by atoms with Crippen LogP contribution in [-0.4, -0.2) is 32.6 Å². The Labute approximate surface area is 169 Å². The fourth-order valence-corrected chi connectivity index (χ4v) is 3.36. The highest BCUT2D eigenvalue weighted by Gasteiger charge is 2.22. The molecule has 1 aliphatic rings. The van der Waals surface area contributed by atoms with Gasteiger partial charge in [0.15, 0.2) is 11.5 Å². The first-order valence-electron chi connectivity index (χ1n) is 9.16. The van der Waals surface area contributed by atoms with E-state index in [2.05, 4.69) is 15.4 Å². The molecule has 0 radical (unpaired) electrons. The molecule has 1 aliphatic heterocycles. The second-order valence-corrected chi connectivity index (χ2v) is 6.75. The lowest BCUT2D eigenvalue weighted by Gasteiger charge is -2.08. The Balaban J connectivity index is 1.47. The van der Waals surface area contributed by atoms with E-state index >= 15 is 0 Å². The van der Waals surface area contributed by atoms with Gasteiger partial charge >= 0.3 is 0 Å². The molecule has 2 aromatic carbocycles. The lowest BCUT2D eigenvalue weighted by Crippen LogP contribution is -2.24. The van der Waals surface area contributed by atoms with Gasteiger partial charge in [0, 0.05) is 11.8 Å². The van der Waals surface area contributed by atoms with Crippen LogP contribution in [0.1, 0.15) is 15.9 Å². The summed E-state index contributed by atoms with van der Waals surface area (Å²) in [4.78, 5) is 28.0. The molecule has 150 valence electrons. The van der Waals surface area contributed by atoms with Crippen molar-refractivity contribution in [3.05, 3.63) is 76.2 Å². The van der Waals surface area contributed by atoms with Gasteiger partial charge in [0.2, 0.25) is 6.79 Å². The van der Waals surface area contributed by atoms with Crippen molar-refractivity contribution in [2.75, 3.05) is 12.1 Å². The largest absolute Gasteiger partial charge is 0.506 e. The smallest absolute Gasteiger partial charge is 0.266 e. The summed E-state index contributed by atoms with van der Waals surface area (Å²) in [6.07, 6.45) is 1.42. The molecule has 2 aromatic heterocycles. The lowest BCUT2D eigenvalue weighted by atomic mass is 10.1. The molecule has 0 aliphatic carbocycles. The molecule has 4 aromatic rings. The maximum atomic E-state index is 12.7. The van der Waals surface area contributed by atoms with Crippen molar-refractivity contribution in [3.8, 4) is 17.2 Å². The zero-order valence-corrected chi connectivity index (χ0v) is 15.6. The molecule has 9 nitrogen and oxygen atoms in total. The maximum absolute atomic E-state index is 12.7. The van der Waals surface area contributed by atoms with Crippen molar-refractivity contribution in [1.29, 1.82) is 0 Å². The van der Waals surface area contributed by atoms with E-state index in [1.165, 1.54) is 6.20 Å². The van der Waals surface area contributed by atoms with Crippen LogP contribution in [0.2, 0.25) is 0 Å². The third kappa shape index (κ3) is 3.02. The number of H-pyrrole nitrogens is 1. The molecule has 0 atom stereocenters. The van der Waals surface area contributed by atoms with Crippen LogP contribution in [0.15, 0.2) is 59.5 Å². The standard InChI is InChI=1S/C21H16N4O5/c26-18-14-9-22-25(10-12-4-2-1-3-5-12)19(14)24-21(28)17(18)20(27)23-13-6-7-15-16(8-13)30-11-29-15/h1-9H,10-11H2,(H,23,27)(H2,24,26,28). The first-order chi connectivity index (χ1) is 14.6. The predicted molar refractivity (Wildman–Crippen MR) is 108 cm³/mol. The number of ether oxygens (including phenoxy) is 2. The SMILES string of the molecule is O=C(Nc1ccc2c(c1)OCO2)c1c(O)c2cnn(Cc3ccccc3)c2[nH]c1=O. The van der Waals surface area contributed by atoms with Gasteiger partial charge in [-0.2, -0.15) is 5.10 Å². The minimum atomic E-state index is -0.745. The third-order valence-corrected chi connectivity index (χ3v) is 4.82. The monoisotopic (exact) mass is 404 g/mol. The molecule has 3 N–H and O–H groups in total. The predicted octanol–water partition coefficient (Wildman–Crippen LogP) is 2.46. The van der Waals surface area contributed by atoms with Crippen molar-refractivity contribution in [3.63, 3.8) is 0 Å². The maximum Gasteiger partial charge on any atom is 0.266 e. The molecule has 0 saturated heterocycles. The molecule has 0 saturated carbocycles. The van der Waals surface area contributed by atoms with E-state index in [0.717, 1.165) is 5.56 Å². The summed E-state index contributed by atoms with van der Waals surface area (Å²) in [5, 5.41) is 17.8. The van der Waals surface area contributed by atoms with E-state index in [9.17, 15) is 14.7 Å². The van der Waals surface area contributed by atoms with Crippen LogP contribution >= 0.6 is 0 Å². The van der Waals surface area contributed by atoms with E-state index in [1.54, 1.807) is 22.9 Å². The zero-order valence-electron chi connectivity index (χ0n) is 15.6. The highest BCUT2D eigenvalue weighted by atomic mass is 16.7. The number of hydrogen-bond donors (Lipinski definition) is 3. The highest BCUT2D eigenvalue weighted by Crippen LogP contribution is 2.34. The number of aromatic nitrogens is 3. The summed E-state index contributed by atoms with van der Waals surface area (Å²) >= 11 is 0. The Morgan fingerprint density at radius 3 is 2.80 bits per heavy atom. The number of rotatable bonds is 4. The number of aromatic amines is 1. The summed E-state index contributed by atoms with van der Waals surface area (Å²) in [5.74, 6) is -0.110. The molecule has 0 fully saturated rings. The Morgan fingerprint density at radius 2 is 1.97 bits per heavy atom. The lowest BCUT2D eigenvalue weighted by molar-refractivity contribution is 0.102. The van der Waals surface area contributed by atoms with E-state index in [0.29, 0.717) is 29.4 Å². The summed E-state index contributed by atoms with van der Waals surface area (Å²) in [7, 11) is 0. The number of nitrogens with zero attached hydrogens (tertiary/aromatic N) is 2. The Hall–Kier alpha value is -4.27. The number of fused-ring (bicyclic) bond motifs is 2. The van der Waals surface area contributed by atoms with Crippen molar-refractivity contribution >= 4 is 22.6 Å². The highest BCUT2D eigenvalue weighted by molar-refractivity contribution is 6.08. The first-order valence-corrected chi connectivity index (χ1v) is 9.16. The summed E-state index contributed by atoms with van der Waals surface area (Å²) in [6, 6.07) is 14.4. The van der Waals surface area contributed by atoms with Gasteiger partial charge in [-0.1, -0.05) is 30.3 Å². The van der Waals surface area contributed by atoms with Crippen molar-refractivity contribution < 1.29 is 19.4 Å². The van der Waals surface area contributed by atoms with Crippen molar-refractivity contribution in [2.45, 2.75) is 6.54 Å². The van der Waals surface area contributed by atoms with Gasteiger partial charge in [0.1, 0.15) is 17.0 Å². The van der Waals surface area contributed by atoms with Crippen molar-refractivity contribution in [2.24, 2.45) is 0 Å². The zero-order chi connectivity index (χ0) is 20.7. The Morgan fingerprint density at radius 1 is 1.17 bits per heavy atom. The average Bonchev–Trinajstić information content (AvgIpc) is 3.36. The number of aromatic hydroxyl groups is 1. The third-order valence-electron chi connectivity index (χ3n) is 4.82. The molecule has 0 spiro atoms. The van der Waals surface area contributed by atoms with Crippen LogP contribution < -0.4 is 20.3 Å². The van der Waals surface area contributed by atoms with Crippen LogP contribution in [-0.2, 0) is 6.54 Å². The summed E-state index contributed by atoms with van der Waals surface area (Å²) in [5.41, 5.74) is 0.615. The Kier molecular flexibility index (Phi) is 4.13. The molecular formula is C21H16N4O5. The number of hydrogen-bond acceptors (Lipinski definition) is 6. The van der Waals surface area contributed by atoms with Gasteiger partial charge in [-0.25, -0.2) is 4.68 Å². The quantitative estimate of drug-likeness (QED) is 0.481. The summed E-state index contributed by atoms with van der Waals surface area (Å²) in [6.45, 7) is 0.513. The van der Waals surface area contributed by atoms with Gasteiger partial charge in [-0.15, -0.1) is 0 Å². The second kappa shape index (κ2) is 6.96. The molecule has 0 bridgehead atoms. The number of benzene rings is 2. The number of pyridine rings is 1. The fourth-order valence-electron chi connectivity index (χ4n) is 3.36. The Bertz CT molecular complexity index is 1330. The van der Waals surface area contributed by atoms with Crippen LogP contribution in [0.5, 0.6) is 17.2 Å². The van der Waals surface area contributed by atoms with E-state index in [-0.39, 0.29) is 17.7 Å². The van der Waals surface area contributed by atoms with E-state index < -0.39 is 17.2 Å². The van der Waals surface area contributed by atoms with Gasteiger partial charge in [-0.3, -0.25) is 9.59 Å². The van der Waals surface area contributed by atoms with Crippen LogP contribution in [0.4, 0.5) is 5.69 Å². The number of carbonyl (C=O) groups excluding carboxylic acids is 1. The number of carbonyl (C=O) groups is 1. The second-order valence-electron chi connectivity index (χ2n) is 6.75. The van der Waals surface area contributed by atoms with Crippen LogP contribution in [0.25, 0.3) is 11.0 Å². The molecule has 9 heteroatoms. The fraction of sp³-hybridized carbons (Fsp3) is 0.0952. The topological polar surface area (TPSA) is 118 Å². The minimum absolute atomic E-state index is 0.108. The molecule has 5 rings (SSSR count). The van der Waals surface area contributed by atoms with Crippen LogP contribution in [0.3, 0.4) is 0 Å². The number of amides is 1. The minimum Gasteiger partial charge on any atom is -0.506 e. The van der Waals surface area contributed by atoms with Gasteiger partial charge in [0.25, 0.3) is 11.5 Å². The average molecular weight is 404 g/mol. The summed E-state index contributed by atoms with van der Waals surface area (Å²) < 4.78 is 12.1. The molecule has 3 heterocycles. The van der Waals surface area contributed by atoms with Crippen molar-refractivity contribution in [1.82, 2.24) is 14.8 Å². The number of anilines is 1. The van der Waals surface area contributed by atoms with Gasteiger partial charge in [-0.05, 0) is 17.7 Å². The normalized spacial score (nSPS) is 12.3. The van der Waals surface area contributed by atoms with Gasteiger partial charge in [0.05, 0.1) is 18.1 Å². The first kappa shape index (κ1) is 17.8. The molecule has 1 amide bonds. The molecular weight excluding hydrogens is 388 g/mol. The van der Waals surface area contributed by atoms with Gasteiger partial charge < -0.3 is 24.9 Å². The van der Waals surface area contributed by atoms with E-state index in [4.69, 9.17) is 9.47 Å². The number of nitrogens with one attached hydrogen (secondary N) is 2. The van der Waals surface area contributed by atoms with E-state index in [1.807, 2.05) is 30.3 Å².